The lowest BCUT2D eigenvalue weighted by Gasteiger charge is -2.24. The van der Waals surface area contributed by atoms with E-state index in [1.54, 1.807) is 11.0 Å². The third-order valence-corrected chi connectivity index (χ3v) is 6.04. The van der Waals surface area contributed by atoms with Crippen LogP contribution in [0.1, 0.15) is 29.5 Å². The molecule has 188 valence electrons. The van der Waals surface area contributed by atoms with E-state index in [9.17, 15) is 13.2 Å². The van der Waals surface area contributed by atoms with Gasteiger partial charge in [0.2, 0.25) is 5.90 Å². The number of rotatable bonds is 6. The van der Waals surface area contributed by atoms with Crippen molar-refractivity contribution in [2.24, 2.45) is 16.6 Å². The molecular formula is C26H26F3N5O2. The number of hydrogen-bond donors (Lipinski definition) is 3. The number of nitrogens with zero attached hydrogens (tertiary/aromatic N) is 2. The Morgan fingerprint density at radius 2 is 1.78 bits per heavy atom. The third-order valence-electron chi connectivity index (χ3n) is 6.04. The zero-order valence-electron chi connectivity index (χ0n) is 19.4. The molecule has 0 radical (unpaired) electrons. The molecule has 5 N–H and O–H groups in total. The number of hydrogen-bond acceptors (Lipinski definition) is 5. The number of guanidine groups is 1. The first-order chi connectivity index (χ1) is 17.2. The Balaban J connectivity index is 1.46. The average molecular weight is 498 g/mol. The fraction of sp³-hybridized carbons (Fsp3) is 0.231. The number of halogens is 3. The SMILES string of the molecule is C=C(/N=C(\ON)[C@@H]1CCCN1C(=N)N)c1ccc2cc(OCc3ccc(C(F)(F)F)cc3)ccc2c1. The average Bonchev–Trinajstić information content (AvgIpc) is 3.35. The molecule has 1 atom stereocenters. The highest BCUT2D eigenvalue weighted by Gasteiger charge is 2.32. The smallest absolute Gasteiger partial charge is 0.416 e. The highest BCUT2D eigenvalue weighted by Crippen LogP contribution is 2.30. The lowest BCUT2D eigenvalue weighted by molar-refractivity contribution is -0.137. The Labute approximate surface area is 206 Å². The van der Waals surface area contributed by atoms with Crippen LogP contribution in [-0.4, -0.2) is 29.3 Å². The van der Waals surface area contributed by atoms with Crippen molar-refractivity contribution in [1.29, 1.82) is 5.41 Å². The standard InChI is InChI=1S/C26H26F3N5O2/c1-16(33-24(36-32)23-3-2-12-34(23)25(30)31)18-6-7-20-14-22(11-8-19(20)13-18)35-15-17-4-9-21(10-5-17)26(27,28)29/h4-11,13-14,23H,1-3,12,15,32H2,(H3,30,31)/b33-24-/t23-/m0/s1. The van der Waals surface area contributed by atoms with E-state index in [1.165, 1.54) is 12.1 Å². The molecule has 0 unspecified atom stereocenters. The molecular weight excluding hydrogens is 471 g/mol. The second kappa shape index (κ2) is 10.3. The van der Waals surface area contributed by atoms with Gasteiger partial charge in [0.05, 0.1) is 11.3 Å². The summed E-state index contributed by atoms with van der Waals surface area (Å²) in [5, 5.41) is 9.57. The van der Waals surface area contributed by atoms with Gasteiger partial charge in [-0.2, -0.15) is 19.1 Å². The largest absolute Gasteiger partial charge is 0.489 e. The Bertz CT molecular complexity index is 1310. The summed E-state index contributed by atoms with van der Waals surface area (Å²) in [5.74, 6) is 6.26. The van der Waals surface area contributed by atoms with Crippen molar-refractivity contribution in [1.82, 2.24) is 4.90 Å². The molecule has 1 aliphatic rings. The predicted octanol–water partition coefficient (Wildman–Crippen LogP) is 5.05. The van der Waals surface area contributed by atoms with E-state index in [2.05, 4.69) is 11.6 Å². The van der Waals surface area contributed by atoms with E-state index in [4.69, 9.17) is 26.6 Å². The normalized spacial score (nSPS) is 16.3. The van der Waals surface area contributed by atoms with Gasteiger partial charge >= 0.3 is 6.18 Å². The van der Waals surface area contributed by atoms with E-state index < -0.39 is 11.7 Å². The van der Waals surface area contributed by atoms with Crippen molar-refractivity contribution < 1.29 is 22.7 Å². The van der Waals surface area contributed by atoms with Gasteiger partial charge in [-0.3, -0.25) is 5.41 Å². The Morgan fingerprint density at radius 3 is 2.44 bits per heavy atom. The van der Waals surface area contributed by atoms with Crippen LogP contribution >= 0.6 is 0 Å². The summed E-state index contributed by atoms with van der Waals surface area (Å²) in [7, 11) is 0. The number of aliphatic imine (C=N–C) groups is 1. The van der Waals surface area contributed by atoms with Gasteiger partial charge in [-0.1, -0.05) is 36.9 Å². The highest BCUT2D eigenvalue weighted by molar-refractivity contribution is 5.93. The molecule has 1 fully saturated rings. The topological polar surface area (TPSA) is 110 Å². The quantitative estimate of drug-likeness (QED) is 0.251. The van der Waals surface area contributed by atoms with Crippen molar-refractivity contribution in [2.75, 3.05) is 6.54 Å². The van der Waals surface area contributed by atoms with Gasteiger partial charge in [0.25, 0.3) is 0 Å². The number of nitrogens with two attached hydrogens (primary N) is 2. The van der Waals surface area contributed by atoms with Crippen LogP contribution in [-0.2, 0) is 17.6 Å². The third kappa shape index (κ3) is 5.60. The molecule has 3 aromatic rings. The van der Waals surface area contributed by atoms with Crippen molar-refractivity contribution >= 4 is 28.3 Å². The molecule has 3 aromatic carbocycles. The van der Waals surface area contributed by atoms with E-state index in [1.807, 2.05) is 30.3 Å². The first kappa shape index (κ1) is 25.1. The van der Waals surface area contributed by atoms with E-state index in [0.717, 1.165) is 41.3 Å². The molecule has 0 amide bonds. The highest BCUT2D eigenvalue weighted by atomic mass is 19.4. The molecule has 7 nitrogen and oxygen atoms in total. The van der Waals surface area contributed by atoms with E-state index >= 15 is 0 Å². The van der Waals surface area contributed by atoms with Crippen LogP contribution in [0.25, 0.3) is 16.5 Å². The minimum Gasteiger partial charge on any atom is -0.489 e. The predicted molar refractivity (Wildman–Crippen MR) is 133 cm³/mol. The zero-order valence-corrected chi connectivity index (χ0v) is 19.4. The van der Waals surface area contributed by atoms with Gasteiger partial charge in [-0.05, 0) is 59.5 Å². The number of nitrogens with one attached hydrogen (secondary N) is 1. The molecule has 0 spiro atoms. The van der Waals surface area contributed by atoms with Crippen molar-refractivity contribution in [3.63, 3.8) is 0 Å². The van der Waals surface area contributed by atoms with E-state index in [-0.39, 0.29) is 24.5 Å². The molecule has 36 heavy (non-hydrogen) atoms. The lowest BCUT2D eigenvalue weighted by Crippen LogP contribution is -2.45. The van der Waals surface area contributed by atoms with Gasteiger partial charge in [-0.15, -0.1) is 0 Å². The number of likely N-dealkylation sites (tertiary alicyclic amines) is 1. The van der Waals surface area contributed by atoms with Crippen molar-refractivity contribution in [2.45, 2.75) is 31.7 Å². The van der Waals surface area contributed by atoms with Crippen LogP contribution in [0.3, 0.4) is 0 Å². The van der Waals surface area contributed by atoms with Gasteiger partial charge in [-0.25, -0.2) is 4.99 Å². The number of alkyl halides is 3. The van der Waals surface area contributed by atoms with Gasteiger partial charge in [0, 0.05) is 12.1 Å². The molecule has 10 heteroatoms. The molecule has 4 rings (SSSR count). The summed E-state index contributed by atoms with van der Waals surface area (Å²) in [4.78, 5) is 11.2. The van der Waals surface area contributed by atoms with Crippen LogP contribution in [0.2, 0.25) is 0 Å². The summed E-state index contributed by atoms with van der Waals surface area (Å²) in [6.07, 6.45) is -2.80. The van der Waals surface area contributed by atoms with Crippen LogP contribution in [0.5, 0.6) is 5.75 Å². The van der Waals surface area contributed by atoms with Crippen molar-refractivity contribution in [3.8, 4) is 5.75 Å². The number of benzene rings is 3. The Hall–Kier alpha value is -4.05. The van der Waals surface area contributed by atoms with Crippen molar-refractivity contribution in [3.05, 3.63) is 83.9 Å². The van der Waals surface area contributed by atoms with Crippen LogP contribution in [0.4, 0.5) is 13.2 Å². The zero-order chi connectivity index (χ0) is 25.9. The minimum absolute atomic E-state index is 0.0603. The first-order valence-electron chi connectivity index (χ1n) is 11.2. The molecule has 0 saturated carbocycles. The monoisotopic (exact) mass is 497 g/mol. The molecule has 0 aliphatic carbocycles. The maximum Gasteiger partial charge on any atom is 0.416 e. The molecule has 1 aliphatic heterocycles. The summed E-state index contributed by atoms with van der Waals surface area (Å²) in [6, 6.07) is 15.8. The summed E-state index contributed by atoms with van der Waals surface area (Å²) in [6.45, 7) is 4.82. The number of ether oxygens (including phenoxy) is 1. The minimum atomic E-state index is -4.36. The molecule has 0 bridgehead atoms. The molecule has 1 heterocycles. The van der Waals surface area contributed by atoms with Crippen LogP contribution in [0, 0.1) is 5.41 Å². The maximum atomic E-state index is 12.7. The van der Waals surface area contributed by atoms with Gasteiger partial charge < -0.3 is 20.2 Å². The fourth-order valence-corrected chi connectivity index (χ4v) is 4.14. The van der Waals surface area contributed by atoms with Crippen LogP contribution in [0.15, 0.2) is 72.2 Å². The second-order valence-corrected chi connectivity index (χ2v) is 8.46. The molecule has 1 saturated heterocycles. The first-order valence-corrected chi connectivity index (χ1v) is 11.2. The number of fused-ring (bicyclic) bond motifs is 1. The van der Waals surface area contributed by atoms with E-state index in [0.29, 0.717) is 23.6 Å². The van der Waals surface area contributed by atoms with Crippen LogP contribution < -0.4 is 16.4 Å². The summed E-state index contributed by atoms with van der Waals surface area (Å²) < 4.78 is 43.9. The van der Waals surface area contributed by atoms with Gasteiger partial charge in [0.15, 0.2) is 5.96 Å². The summed E-state index contributed by atoms with van der Waals surface area (Å²) in [5.41, 5.74) is 6.82. The maximum absolute atomic E-state index is 12.7. The Kier molecular flexibility index (Phi) is 7.16. The van der Waals surface area contributed by atoms with Gasteiger partial charge in [0.1, 0.15) is 18.4 Å². The summed E-state index contributed by atoms with van der Waals surface area (Å²) >= 11 is 0. The lowest BCUT2D eigenvalue weighted by atomic mass is 10.1. The Morgan fingerprint density at radius 1 is 1.08 bits per heavy atom. The fourth-order valence-electron chi connectivity index (χ4n) is 4.14. The molecule has 0 aromatic heterocycles. The second-order valence-electron chi connectivity index (χ2n) is 8.46.